The lowest BCUT2D eigenvalue weighted by Crippen LogP contribution is -2.38. The van der Waals surface area contributed by atoms with Crippen molar-refractivity contribution in [2.24, 2.45) is 5.92 Å². The van der Waals surface area contributed by atoms with Crippen LogP contribution in [-0.2, 0) is 0 Å². The molecule has 0 unspecified atom stereocenters. The summed E-state index contributed by atoms with van der Waals surface area (Å²) in [5, 5.41) is 9.08. The minimum atomic E-state index is 0.0559. The van der Waals surface area contributed by atoms with E-state index in [0.29, 0.717) is 16.5 Å². The Hall–Kier alpha value is -0.590. The Morgan fingerprint density at radius 2 is 2.28 bits per heavy atom. The third-order valence-electron chi connectivity index (χ3n) is 3.25. The van der Waals surface area contributed by atoms with Gasteiger partial charge in [-0.2, -0.15) is 0 Å². The van der Waals surface area contributed by atoms with Gasteiger partial charge in [0.2, 0.25) is 0 Å². The molecule has 0 saturated carbocycles. The Morgan fingerprint density at radius 1 is 1.61 bits per heavy atom. The number of carbonyl (C=O) groups is 1. The fraction of sp³-hybridized carbons (Fsp3) is 0.583. The summed E-state index contributed by atoms with van der Waals surface area (Å²) in [4.78, 5) is 14.8. The molecule has 1 aliphatic rings. The third-order valence-corrected chi connectivity index (χ3v) is 5.02. The Kier molecular flexibility index (Phi) is 4.64. The van der Waals surface area contributed by atoms with Gasteiger partial charge in [0.15, 0.2) is 0 Å². The zero-order chi connectivity index (χ0) is 13.1. The number of nitrogens with zero attached hydrogens (tertiary/aromatic N) is 1. The molecule has 100 valence electrons. The first kappa shape index (κ1) is 13.8. The highest BCUT2D eigenvalue weighted by molar-refractivity contribution is 9.11. The van der Waals surface area contributed by atoms with Crippen LogP contribution in [0.1, 0.15) is 22.5 Å². The first-order chi connectivity index (χ1) is 8.65. The second-order valence-electron chi connectivity index (χ2n) is 4.37. The smallest absolute Gasteiger partial charge is 0.264 e. The van der Waals surface area contributed by atoms with Gasteiger partial charge >= 0.3 is 0 Å². The van der Waals surface area contributed by atoms with Gasteiger partial charge in [-0.25, -0.2) is 0 Å². The molecule has 0 aliphatic carbocycles. The van der Waals surface area contributed by atoms with Crippen LogP contribution in [0.3, 0.4) is 0 Å². The van der Waals surface area contributed by atoms with Crippen LogP contribution < -0.4 is 4.74 Å². The molecule has 1 amide bonds. The molecule has 1 N–H and O–H groups in total. The van der Waals surface area contributed by atoms with E-state index in [2.05, 4.69) is 15.9 Å². The second kappa shape index (κ2) is 6.04. The number of halogens is 1. The third kappa shape index (κ3) is 2.87. The van der Waals surface area contributed by atoms with Crippen LogP contribution in [0.25, 0.3) is 0 Å². The second-order valence-corrected chi connectivity index (χ2v) is 6.74. The van der Waals surface area contributed by atoms with Gasteiger partial charge in [0.1, 0.15) is 9.54 Å². The quantitative estimate of drug-likeness (QED) is 0.923. The summed E-state index contributed by atoms with van der Waals surface area (Å²) in [6, 6.07) is 1.77. The fourth-order valence-corrected chi connectivity index (χ4v) is 3.69. The van der Waals surface area contributed by atoms with Gasteiger partial charge in [0.25, 0.3) is 5.91 Å². The van der Waals surface area contributed by atoms with Crippen molar-refractivity contribution in [2.75, 3.05) is 26.8 Å². The molecule has 4 nitrogen and oxygen atoms in total. The largest absolute Gasteiger partial charge is 0.495 e. The number of piperidine rings is 1. The lowest BCUT2D eigenvalue weighted by molar-refractivity contribution is 0.0655. The van der Waals surface area contributed by atoms with E-state index < -0.39 is 0 Å². The van der Waals surface area contributed by atoms with Gasteiger partial charge in [-0.15, -0.1) is 11.3 Å². The molecular weight excluding hydrogens is 318 g/mol. The molecule has 1 aromatic rings. The van der Waals surface area contributed by atoms with E-state index in [1.54, 1.807) is 13.2 Å². The number of hydrogen-bond donors (Lipinski definition) is 1. The first-order valence-electron chi connectivity index (χ1n) is 5.89. The number of rotatable bonds is 3. The predicted octanol–water partition coefficient (Wildman–Crippen LogP) is 2.36. The van der Waals surface area contributed by atoms with Gasteiger partial charge in [0.05, 0.1) is 12.0 Å². The number of carbonyl (C=O) groups excluding carboxylic acids is 1. The molecule has 1 aromatic heterocycles. The van der Waals surface area contributed by atoms with Crippen molar-refractivity contribution in [1.82, 2.24) is 4.90 Å². The van der Waals surface area contributed by atoms with Crippen molar-refractivity contribution in [1.29, 1.82) is 0 Å². The number of aliphatic hydroxyl groups is 1. The highest BCUT2D eigenvalue weighted by atomic mass is 79.9. The molecule has 0 bridgehead atoms. The van der Waals surface area contributed by atoms with Crippen LogP contribution in [0.4, 0.5) is 0 Å². The van der Waals surface area contributed by atoms with E-state index in [-0.39, 0.29) is 12.5 Å². The number of hydrogen-bond acceptors (Lipinski definition) is 4. The summed E-state index contributed by atoms with van der Waals surface area (Å²) in [7, 11) is 1.59. The molecule has 0 radical (unpaired) electrons. The molecule has 6 heteroatoms. The molecule has 0 spiro atoms. The van der Waals surface area contributed by atoms with E-state index in [4.69, 9.17) is 9.84 Å². The lowest BCUT2D eigenvalue weighted by Gasteiger charge is -2.30. The van der Waals surface area contributed by atoms with Gasteiger partial charge in [-0.1, -0.05) is 0 Å². The summed E-state index contributed by atoms with van der Waals surface area (Å²) in [6.45, 7) is 1.67. The van der Waals surface area contributed by atoms with E-state index in [1.807, 2.05) is 4.90 Å². The number of amides is 1. The lowest BCUT2D eigenvalue weighted by atomic mass is 9.98. The topological polar surface area (TPSA) is 49.8 Å². The monoisotopic (exact) mass is 333 g/mol. The number of ether oxygens (including phenoxy) is 1. The summed E-state index contributed by atoms with van der Waals surface area (Å²) >= 11 is 4.78. The maximum atomic E-state index is 12.3. The zero-order valence-corrected chi connectivity index (χ0v) is 12.6. The normalized spacial score (nSPS) is 16.9. The molecule has 2 heterocycles. The minimum Gasteiger partial charge on any atom is -0.495 e. The number of thiophene rings is 1. The van der Waals surface area contributed by atoms with Crippen molar-refractivity contribution >= 4 is 33.2 Å². The summed E-state index contributed by atoms with van der Waals surface area (Å²) in [5.74, 6) is 1.10. The molecule has 1 aliphatic heterocycles. The molecule has 1 saturated heterocycles. The van der Waals surface area contributed by atoms with Crippen LogP contribution in [-0.4, -0.2) is 42.7 Å². The van der Waals surface area contributed by atoms with Gasteiger partial charge in [-0.3, -0.25) is 4.79 Å². The molecule has 2 rings (SSSR count). The van der Waals surface area contributed by atoms with Crippen molar-refractivity contribution in [3.8, 4) is 5.75 Å². The number of likely N-dealkylation sites (tertiary alicyclic amines) is 1. The van der Waals surface area contributed by atoms with E-state index in [9.17, 15) is 4.79 Å². The molecule has 1 fully saturated rings. The van der Waals surface area contributed by atoms with Crippen LogP contribution in [0, 0.1) is 5.92 Å². The standard InChI is InChI=1S/C12H16BrNO3S/c1-17-9-6-10(18-11(9)13)12(16)14-4-2-8(7-15)3-5-14/h6,8,15H,2-5,7H2,1H3. The van der Waals surface area contributed by atoms with Gasteiger partial charge in [-0.05, 0) is 34.7 Å². The zero-order valence-electron chi connectivity index (χ0n) is 10.2. The first-order valence-corrected chi connectivity index (χ1v) is 7.50. The molecular formula is C12H16BrNO3S. The average Bonchev–Trinajstić information content (AvgIpc) is 2.79. The van der Waals surface area contributed by atoms with Crippen LogP contribution >= 0.6 is 27.3 Å². The fourth-order valence-electron chi connectivity index (χ4n) is 2.07. The van der Waals surface area contributed by atoms with Crippen molar-refractivity contribution in [2.45, 2.75) is 12.8 Å². The average molecular weight is 334 g/mol. The highest BCUT2D eigenvalue weighted by Crippen LogP contribution is 2.35. The highest BCUT2D eigenvalue weighted by Gasteiger charge is 2.25. The minimum absolute atomic E-state index is 0.0559. The van der Waals surface area contributed by atoms with Crippen molar-refractivity contribution in [3.63, 3.8) is 0 Å². The van der Waals surface area contributed by atoms with Gasteiger partial charge in [0, 0.05) is 25.8 Å². The predicted molar refractivity (Wildman–Crippen MR) is 74.3 cm³/mol. The SMILES string of the molecule is COc1cc(C(=O)N2CCC(CO)CC2)sc1Br. The van der Waals surface area contributed by atoms with Crippen LogP contribution in [0.15, 0.2) is 9.85 Å². The van der Waals surface area contributed by atoms with E-state index >= 15 is 0 Å². The Morgan fingerprint density at radius 3 is 2.78 bits per heavy atom. The van der Waals surface area contributed by atoms with Crippen molar-refractivity contribution in [3.05, 3.63) is 14.7 Å². The van der Waals surface area contributed by atoms with Crippen molar-refractivity contribution < 1.29 is 14.6 Å². The van der Waals surface area contributed by atoms with Crippen LogP contribution in [0.5, 0.6) is 5.75 Å². The summed E-state index contributed by atoms with van der Waals surface area (Å²) in [6.07, 6.45) is 1.76. The Balaban J connectivity index is 2.03. The molecule has 18 heavy (non-hydrogen) atoms. The Labute approximate surface area is 119 Å². The van der Waals surface area contributed by atoms with E-state index in [0.717, 1.165) is 29.7 Å². The summed E-state index contributed by atoms with van der Waals surface area (Å²) < 4.78 is 6.00. The number of methoxy groups -OCH3 is 1. The number of aliphatic hydroxyl groups excluding tert-OH is 1. The maximum Gasteiger partial charge on any atom is 0.264 e. The van der Waals surface area contributed by atoms with E-state index in [1.165, 1.54) is 11.3 Å². The Bertz CT molecular complexity index is 427. The molecule has 0 atom stereocenters. The van der Waals surface area contributed by atoms with Gasteiger partial charge < -0.3 is 14.7 Å². The molecule has 0 aromatic carbocycles. The summed E-state index contributed by atoms with van der Waals surface area (Å²) in [5.41, 5.74) is 0. The maximum absolute atomic E-state index is 12.3. The van der Waals surface area contributed by atoms with Crippen LogP contribution in [0.2, 0.25) is 0 Å².